The maximum Gasteiger partial charge on any atom is 0.415 e. The van der Waals surface area contributed by atoms with Crippen LogP contribution >= 0.6 is 0 Å². The molecule has 4 rings (SSSR count). The Bertz CT molecular complexity index is 910. The van der Waals surface area contributed by atoms with E-state index in [4.69, 9.17) is 4.74 Å². The van der Waals surface area contributed by atoms with E-state index >= 15 is 0 Å². The number of aliphatic hydroxyl groups is 1. The molecule has 2 N–H and O–H groups in total. The van der Waals surface area contributed by atoms with Crippen LogP contribution in [0.3, 0.4) is 0 Å². The maximum absolute atomic E-state index is 12.6. The summed E-state index contributed by atoms with van der Waals surface area (Å²) in [6, 6.07) is 11.4. The maximum atomic E-state index is 12.6. The predicted molar refractivity (Wildman–Crippen MR) is 96.1 cm³/mol. The van der Waals surface area contributed by atoms with Gasteiger partial charge in [0.2, 0.25) is 11.8 Å². The van der Waals surface area contributed by atoms with Crippen LogP contribution < -0.4 is 10.1 Å². The SMILES string of the molecule is O=C1N[C@@H](CO)C(=O)N2CCN(C(=O)Oc3cccc4ccccc34)C[C@H]12. The lowest BCUT2D eigenvalue weighted by atomic mass is 10.0. The Hall–Kier alpha value is -3.13. The van der Waals surface area contributed by atoms with Crippen LogP contribution in [-0.4, -0.2) is 71.1 Å². The molecule has 0 radical (unpaired) electrons. The molecule has 0 bridgehead atoms. The minimum absolute atomic E-state index is 0.0549. The van der Waals surface area contributed by atoms with Gasteiger partial charge < -0.3 is 25.0 Å². The second-order valence-electron chi connectivity index (χ2n) is 6.58. The van der Waals surface area contributed by atoms with Gasteiger partial charge in [-0.05, 0) is 11.5 Å². The van der Waals surface area contributed by atoms with E-state index in [9.17, 15) is 19.5 Å². The van der Waals surface area contributed by atoms with E-state index in [1.807, 2.05) is 36.4 Å². The molecule has 27 heavy (non-hydrogen) atoms. The van der Waals surface area contributed by atoms with Crippen molar-refractivity contribution in [2.24, 2.45) is 0 Å². The van der Waals surface area contributed by atoms with Crippen LogP contribution in [0.2, 0.25) is 0 Å². The van der Waals surface area contributed by atoms with Crippen LogP contribution in [0.1, 0.15) is 0 Å². The zero-order valence-electron chi connectivity index (χ0n) is 14.5. The number of amides is 3. The summed E-state index contributed by atoms with van der Waals surface area (Å²) in [6.07, 6.45) is -0.560. The summed E-state index contributed by atoms with van der Waals surface area (Å²) in [6.45, 7) is 0.0925. The van der Waals surface area contributed by atoms with Crippen molar-refractivity contribution in [3.05, 3.63) is 42.5 Å². The van der Waals surface area contributed by atoms with Gasteiger partial charge in [-0.2, -0.15) is 0 Å². The molecule has 2 heterocycles. The minimum Gasteiger partial charge on any atom is -0.410 e. The number of benzene rings is 2. The minimum atomic E-state index is -0.914. The molecular formula is C19H19N3O5. The van der Waals surface area contributed by atoms with Gasteiger partial charge in [0.1, 0.15) is 17.8 Å². The van der Waals surface area contributed by atoms with E-state index in [0.717, 1.165) is 10.8 Å². The Kier molecular flexibility index (Phi) is 4.41. The van der Waals surface area contributed by atoms with Gasteiger partial charge in [0.05, 0.1) is 13.2 Å². The average Bonchev–Trinajstić information content (AvgIpc) is 2.70. The van der Waals surface area contributed by atoms with E-state index in [2.05, 4.69) is 5.32 Å². The number of nitrogens with zero attached hydrogens (tertiary/aromatic N) is 2. The molecule has 2 aliphatic rings. The number of fused-ring (bicyclic) bond motifs is 2. The second-order valence-corrected chi connectivity index (χ2v) is 6.58. The summed E-state index contributed by atoms with van der Waals surface area (Å²) in [4.78, 5) is 40.0. The Morgan fingerprint density at radius 3 is 2.74 bits per heavy atom. The van der Waals surface area contributed by atoms with Gasteiger partial charge >= 0.3 is 6.09 Å². The first-order chi connectivity index (χ1) is 13.1. The van der Waals surface area contributed by atoms with Gasteiger partial charge in [0.15, 0.2) is 0 Å². The summed E-state index contributed by atoms with van der Waals surface area (Å²) >= 11 is 0. The predicted octanol–water partition coefficient (Wildman–Crippen LogP) is 0.342. The molecule has 0 spiro atoms. The van der Waals surface area contributed by atoms with Gasteiger partial charge in [0.25, 0.3) is 0 Å². The lowest BCUT2D eigenvalue weighted by molar-refractivity contribution is -0.153. The Balaban J connectivity index is 1.49. The molecule has 2 saturated heterocycles. The van der Waals surface area contributed by atoms with Gasteiger partial charge in [-0.15, -0.1) is 0 Å². The normalized spacial score (nSPS) is 22.4. The number of rotatable bonds is 2. The van der Waals surface area contributed by atoms with Crippen molar-refractivity contribution in [3.8, 4) is 5.75 Å². The second kappa shape index (κ2) is 6.88. The molecule has 2 aliphatic heterocycles. The molecule has 8 heteroatoms. The largest absolute Gasteiger partial charge is 0.415 e. The summed E-state index contributed by atoms with van der Waals surface area (Å²) in [5.74, 6) is -0.259. The van der Waals surface area contributed by atoms with E-state index in [0.29, 0.717) is 5.75 Å². The van der Waals surface area contributed by atoms with Crippen molar-refractivity contribution in [1.82, 2.24) is 15.1 Å². The summed E-state index contributed by atoms with van der Waals surface area (Å²) in [5, 5.41) is 13.5. The van der Waals surface area contributed by atoms with Gasteiger partial charge in [-0.1, -0.05) is 36.4 Å². The van der Waals surface area contributed by atoms with Crippen LogP contribution in [0.25, 0.3) is 10.8 Å². The molecule has 8 nitrogen and oxygen atoms in total. The van der Waals surface area contributed by atoms with Crippen molar-refractivity contribution in [3.63, 3.8) is 0 Å². The molecule has 2 aromatic rings. The average molecular weight is 369 g/mol. The highest BCUT2D eigenvalue weighted by atomic mass is 16.6. The third kappa shape index (κ3) is 3.08. The van der Waals surface area contributed by atoms with Crippen molar-refractivity contribution in [2.75, 3.05) is 26.2 Å². The molecule has 0 saturated carbocycles. The van der Waals surface area contributed by atoms with Gasteiger partial charge in [-0.3, -0.25) is 9.59 Å². The van der Waals surface area contributed by atoms with Crippen molar-refractivity contribution < 1.29 is 24.2 Å². The van der Waals surface area contributed by atoms with Gasteiger partial charge in [0, 0.05) is 18.5 Å². The lowest BCUT2D eigenvalue weighted by Gasteiger charge is -2.44. The first-order valence-electron chi connectivity index (χ1n) is 8.74. The molecule has 2 fully saturated rings. The Morgan fingerprint density at radius 2 is 1.93 bits per heavy atom. The number of nitrogens with one attached hydrogen (secondary N) is 1. The van der Waals surface area contributed by atoms with Gasteiger partial charge in [-0.25, -0.2) is 4.79 Å². The van der Waals surface area contributed by atoms with Crippen LogP contribution in [0.15, 0.2) is 42.5 Å². The smallest absolute Gasteiger partial charge is 0.410 e. The third-order valence-electron chi connectivity index (χ3n) is 4.97. The number of hydrogen-bond acceptors (Lipinski definition) is 5. The van der Waals surface area contributed by atoms with Crippen LogP contribution in [0.4, 0.5) is 4.79 Å². The number of aliphatic hydroxyl groups excluding tert-OH is 1. The van der Waals surface area contributed by atoms with Crippen molar-refractivity contribution >= 4 is 28.7 Å². The highest BCUT2D eigenvalue weighted by molar-refractivity contribution is 5.98. The highest BCUT2D eigenvalue weighted by Gasteiger charge is 2.44. The first kappa shape index (κ1) is 17.3. The molecule has 0 aromatic heterocycles. The summed E-state index contributed by atoms with van der Waals surface area (Å²) < 4.78 is 5.56. The highest BCUT2D eigenvalue weighted by Crippen LogP contribution is 2.26. The fourth-order valence-electron chi connectivity index (χ4n) is 3.53. The Labute approximate surface area is 155 Å². The van der Waals surface area contributed by atoms with Crippen LogP contribution in [0, 0.1) is 0 Å². The molecule has 3 amide bonds. The monoisotopic (exact) mass is 369 g/mol. The standard InChI is InChI=1S/C19H19N3O5/c23-11-14-18(25)22-9-8-21(10-15(22)17(24)20-14)19(26)27-16-7-3-5-12-4-1-2-6-13(12)16/h1-7,14-15,23H,8-11H2,(H,20,24)/t14-,15+/m0/s1. The quantitative estimate of drug-likeness (QED) is 0.796. The molecule has 0 aliphatic carbocycles. The molecular weight excluding hydrogens is 350 g/mol. The fraction of sp³-hybridized carbons (Fsp3) is 0.316. The van der Waals surface area contributed by atoms with Crippen molar-refractivity contribution in [1.29, 1.82) is 0 Å². The number of carbonyl (C=O) groups is 3. The van der Waals surface area contributed by atoms with Crippen LogP contribution in [-0.2, 0) is 9.59 Å². The first-order valence-corrected chi connectivity index (χ1v) is 8.74. The molecule has 140 valence electrons. The topological polar surface area (TPSA) is 99.2 Å². The molecule has 2 aromatic carbocycles. The zero-order valence-corrected chi connectivity index (χ0v) is 14.5. The third-order valence-corrected chi connectivity index (χ3v) is 4.97. The fourth-order valence-corrected chi connectivity index (χ4v) is 3.53. The van der Waals surface area contributed by atoms with E-state index in [-0.39, 0.29) is 31.4 Å². The van der Waals surface area contributed by atoms with E-state index in [1.54, 1.807) is 6.07 Å². The molecule has 0 unspecified atom stereocenters. The molecule has 2 atom stereocenters. The van der Waals surface area contributed by atoms with Crippen LogP contribution in [0.5, 0.6) is 5.75 Å². The Morgan fingerprint density at radius 1 is 1.15 bits per heavy atom. The van der Waals surface area contributed by atoms with Crippen molar-refractivity contribution in [2.45, 2.75) is 12.1 Å². The number of carbonyl (C=O) groups excluding carboxylic acids is 3. The zero-order chi connectivity index (χ0) is 19.0. The summed E-state index contributed by atoms with van der Waals surface area (Å²) in [5.41, 5.74) is 0. The van der Waals surface area contributed by atoms with E-state index in [1.165, 1.54) is 9.80 Å². The van der Waals surface area contributed by atoms with E-state index < -0.39 is 24.8 Å². The number of ether oxygens (including phenoxy) is 1. The lowest BCUT2D eigenvalue weighted by Crippen LogP contribution is -2.70. The number of piperazine rings is 2. The number of hydrogen-bond donors (Lipinski definition) is 2. The summed E-state index contributed by atoms with van der Waals surface area (Å²) in [7, 11) is 0.